The van der Waals surface area contributed by atoms with E-state index in [0.29, 0.717) is 21.9 Å². The van der Waals surface area contributed by atoms with Crippen molar-refractivity contribution in [2.75, 3.05) is 0 Å². The van der Waals surface area contributed by atoms with Crippen LogP contribution in [0.3, 0.4) is 0 Å². The minimum Gasteiger partial charge on any atom is -0.338 e. The smallest absolute Gasteiger partial charge is 0.320 e. The van der Waals surface area contributed by atoms with Crippen LogP contribution < -0.4 is 5.43 Å². The Morgan fingerprint density at radius 1 is 1.08 bits per heavy atom. The van der Waals surface area contributed by atoms with Crippen LogP contribution in [0.4, 0.5) is 8.78 Å². The van der Waals surface area contributed by atoms with Gasteiger partial charge in [0.25, 0.3) is 0 Å². The fourth-order valence-corrected chi connectivity index (χ4v) is 3.13. The monoisotopic (exact) mass is 350 g/mol. The topological polar surface area (TPSA) is 63.6 Å². The zero-order valence-corrected chi connectivity index (χ0v) is 13.4. The zero-order chi connectivity index (χ0) is 18.3. The van der Waals surface area contributed by atoms with Gasteiger partial charge in [0, 0.05) is 11.6 Å². The highest BCUT2D eigenvalue weighted by Crippen LogP contribution is 2.24. The molecule has 0 aliphatic heterocycles. The Kier molecular flexibility index (Phi) is 3.73. The molecule has 4 aromatic rings. The molecule has 0 N–H and O–H groups in total. The summed E-state index contributed by atoms with van der Waals surface area (Å²) in [5.74, 6) is 0.152. The maximum absolute atomic E-state index is 13.6. The van der Waals surface area contributed by atoms with Gasteiger partial charge in [0.15, 0.2) is 0 Å². The Hall–Kier alpha value is -3.53. The summed E-state index contributed by atoms with van der Waals surface area (Å²) in [6.07, 6.45) is 1.39. The van der Waals surface area contributed by atoms with Gasteiger partial charge in [0.05, 0.1) is 23.1 Å². The Balaban J connectivity index is 1.95. The highest BCUT2D eigenvalue weighted by molar-refractivity contribution is 5.80. The molecule has 0 saturated carbocycles. The number of hydrogen-bond donors (Lipinski definition) is 0. The summed E-state index contributed by atoms with van der Waals surface area (Å²) in [5, 5.41) is 9.59. The van der Waals surface area contributed by atoms with Crippen molar-refractivity contribution < 1.29 is 8.78 Å². The van der Waals surface area contributed by atoms with Crippen LogP contribution in [0.15, 0.2) is 59.5 Å². The molecule has 0 saturated heterocycles. The van der Waals surface area contributed by atoms with Crippen LogP contribution in [0, 0.1) is 11.3 Å². The van der Waals surface area contributed by atoms with E-state index in [1.165, 1.54) is 6.20 Å². The van der Waals surface area contributed by atoms with E-state index in [0.717, 1.165) is 4.57 Å². The lowest BCUT2D eigenvalue weighted by molar-refractivity contribution is 0.0712. The second-order valence-corrected chi connectivity index (χ2v) is 5.79. The molecule has 0 aliphatic carbocycles. The molecule has 4 rings (SSSR count). The van der Waals surface area contributed by atoms with E-state index in [2.05, 4.69) is 4.98 Å². The van der Waals surface area contributed by atoms with Crippen molar-refractivity contribution in [2.24, 2.45) is 0 Å². The second-order valence-electron chi connectivity index (χ2n) is 5.79. The Bertz CT molecular complexity index is 1230. The number of hydrogen-bond acceptors (Lipinski definition) is 3. The molecule has 0 amide bonds. The van der Waals surface area contributed by atoms with E-state index < -0.39 is 6.55 Å². The van der Waals surface area contributed by atoms with Gasteiger partial charge >= 0.3 is 6.55 Å². The largest absolute Gasteiger partial charge is 0.338 e. The quantitative estimate of drug-likeness (QED) is 0.566. The van der Waals surface area contributed by atoms with Crippen molar-refractivity contribution in [3.63, 3.8) is 0 Å². The summed E-state index contributed by atoms with van der Waals surface area (Å²) in [5.41, 5.74) is 0.950. The number of nitriles is 1. The number of para-hydroxylation sites is 3. The molecular weight excluding hydrogens is 338 g/mol. The number of rotatable bonds is 3. The normalized spacial score (nSPS) is 11.3. The summed E-state index contributed by atoms with van der Waals surface area (Å²) in [4.78, 5) is 16.6. The van der Waals surface area contributed by atoms with Gasteiger partial charge in [0.1, 0.15) is 17.5 Å². The summed E-state index contributed by atoms with van der Waals surface area (Å²) < 4.78 is 29.7. The third kappa shape index (κ3) is 2.43. The van der Waals surface area contributed by atoms with E-state index >= 15 is 0 Å². The Labute approximate surface area is 146 Å². The molecule has 2 aromatic carbocycles. The van der Waals surface area contributed by atoms with Crippen molar-refractivity contribution in [1.82, 2.24) is 14.1 Å². The predicted molar refractivity (Wildman–Crippen MR) is 93.0 cm³/mol. The predicted octanol–water partition coefficient (Wildman–Crippen LogP) is 3.67. The lowest BCUT2D eigenvalue weighted by Crippen LogP contribution is -2.15. The van der Waals surface area contributed by atoms with Crippen LogP contribution in [0.1, 0.15) is 17.9 Å². The molecule has 0 bridgehead atoms. The third-order valence-electron chi connectivity index (χ3n) is 4.28. The van der Waals surface area contributed by atoms with Gasteiger partial charge in [-0.1, -0.05) is 24.3 Å². The first kappa shape index (κ1) is 16.0. The molecule has 0 radical (unpaired) electrons. The molecule has 128 valence electrons. The second kappa shape index (κ2) is 6.08. The summed E-state index contributed by atoms with van der Waals surface area (Å²) in [6, 6.07) is 15.3. The number of fused-ring (bicyclic) bond motifs is 2. The van der Waals surface area contributed by atoms with Crippen molar-refractivity contribution >= 4 is 21.9 Å². The van der Waals surface area contributed by atoms with Crippen LogP contribution in [-0.2, 0) is 6.54 Å². The highest BCUT2D eigenvalue weighted by Gasteiger charge is 2.18. The van der Waals surface area contributed by atoms with E-state index in [1.54, 1.807) is 53.1 Å². The molecule has 0 fully saturated rings. The van der Waals surface area contributed by atoms with E-state index in [1.807, 2.05) is 6.07 Å². The maximum atomic E-state index is 13.6. The van der Waals surface area contributed by atoms with Crippen LogP contribution in [0.2, 0.25) is 0 Å². The van der Waals surface area contributed by atoms with Gasteiger partial charge < -0.3 is 4.57 Å². The van der Waals surface area contributed by atoms with Gasteiger partial charge in [-0.2, -0.15) is 14.0 Å². The van der Waals surface area contributed by atoms with Gasteiger partial charge in [-0.3, -0.25) is 9.36 Å². The summed E-state index contributed by atoms with van der Waals surface area (Å²) in [7, 11) is 0. The first-order valence-electron chi connectivity index (χ1n) is 7.86. The Morgan fingerprint density at radius 2 is 1.77 bits per heavy atom. The first-order chi connectivity index (χ1) is 12.6. The van der Waals surface area contributed by atoms with Crippen molar-refractivity contribution in [3.05, 3.63) is 76.3 Å². The maximum Gasteiger partial charge on any atom is 0.320 e. The van der Waals surface area contributed by atoms with Crippen LogP contribution in [0.5, 0.6) is 0 Å². The molecule has 7 heteroatoms. The lowest BCUT2D eigenvalue weighted by Gasteiger charge is -2.13. The van der Waals surface area contributed by atoms with E-state index in [-0.39, 0.29) is 23.4 Å². The zero-order valence-electron chi connectivity index (χ0n) is 13.4. The van der Waals surface area contributed by atoms with Crippen molar-refractivity contribution in [1.29, 1.82) is 5.26 Å². The first-order valence-corrected chi connectivity index (χ1v) is 7.86. The Morgan fingerprint density at radius 3 is 2.50 bits per heavy atom. The molecule has 5 nitrogen and oxygen atoms in total. The number of alkyl halides is 2. The highest BCUT2D eigenvalue weighted by atomic mass is 19.3. The SMILES string of the molecule is N#Cc1cn(Cc2nc3ccccc3n2C(F)F)c2ccccc2c1=O. The number of aromatic nitrogens is 3. The minimum atomic E-state index is -2.75. The summed E-state index contributed by atoms with van der Waals surface area (Å²) in [6.45, 7) is -2.74. The standard InChI is InChI=1S/C19H12F2N4O/c20-19(21)25-16-8-4-2-6-14(16)23-17(25)11-24-10-12(9-22)18(26)13-5-1-3-7-15(13)24/h1-8,10,19H,11H2. The molecule has 0 aliphatic rings. The third-order valence-corrected chi connectivity index (χ3v) is 4.28. The molecule has 2 aromatic heterocycles. The van der Waals surface area contributed by atoms with Crippen LogP contribution in [-0.4, -0.2) is 14.1 Å². The van der Waals surface area contributed by atoms with Gasteiger partial charge in [-0.15, -0.1) is 0 Å². The molecule has 0 atom stereocenters. The van der Waals surface area contributed by atoms with Crippen LogP contribution >= 0.6 is 0 Å². The molecule has 2 heterocycles. The average Bonchev–Trinajstić information content (AvgIpc) is 3.02. The van der Waals surface area contributed by atoms with Crippen molar-refractivity contribution in [3.8, 4) is 6.07 Å². The number of nitrogens with zero attached hydrogens (tertiary/aromatic N) is 4. The van der Waals surface area contributed by atoms with E-state index in [4.69, 9.17) is 0 Å². The van der Waals surface area contributed by atoms with Gasteiger partial charge in [-0.25, -0.2) is 4.98 Å². The van der Waals surface area contributed by atoms with Crippen molar-refractivity contribution in [2.45, 2.75) is 13.1 Å². The summed E-state index contributed by atoms with van der Waals surface area (Å²) >= 11 is 0. The molecule has 0 unspecified atom stereocenters. The number of halogens is 2. The lowest BCUT2D eigenvalue weighted by atomic mass is 10.1. The number of benzene rings is 2. The van der Waals surface area contributed by atoms with Crippen LogP contribution in [0.25, 0.3) is 21.9 Å². The minimum absolute atomic E-state index is 0.00843. The molecule has 0 spiro atoms. The number of imidazole rings is 1. The number of pyridine rings is 1. The van der Waals surface area contributed by atoms with E-state index in [9.17, 15) is 18.8 Å². The van der Waals surface area contributed by atoms with Gasteiger partial charge in [0.2, 0.25) is 5.43 Å². The fourth-order valence-electron chi connectivity index (χ4n) is 3.13. The molecular formula is C19H12F2N4O. The van der Waals surface area contributed by atoms with Gasteiger partial charge in [-0.05, 0) is 24.3 Å². The average molecular weight is 350 g/mol. The molecule has 26 heavy (non-hydrogen) atoms. The fraction of sp³-hybridized carbons (Fsp3) is 0.105.